The fraction of sp³-hybridized carbons (Fsp3) is 0.421. The first-order valence-electron chi connectivity index (χ1n) is 16.1. The Morgan fingerprint density at radius 1 is 0.738 bits per heavy atom. The van der Waals surface area contributed by atoms with Gasteiger partial charge < -0.3 is 0 Å². The molecule has 3 aromatic rings. The van der Waals surface area contributed by atoms with E-state index < -0.39 is 35.4 Å². The summed E-state index contributed by atoms with van der Waals surface area (Å²) in [5.74, 6) is 1.84. The van der Waals surface area contributed by atoms with Gasteiger partial charge in [-0.3, -0.25) is 0 Å². The summed E-state index contributed by atoms with van der Waals surface area (Å²) < 4.78 is 26.5. The second-order valence-corrected chi connectivity index (χ2v) is 47.3. The van der Waals surface area contributed by atoms with E-state index in [0.29, 0.717) is 17.8 Å². The van der Waals surface area contributed by atoms with E-state index in [1.54, 1.807) is 15.5 Å². The van der Waals surface area contributed by atoms with Crippen LogP contribution in [0.5, 0.6) is 0 Å². The standard InChI is InChI=1S/C12H10.C10H15FN.C9H13.C6H7Ge.CH3.Zr/c1-3-7-11(8-4-1)12-9-5-2-6-10-12;11-9-2-7-1-8(3-9)5-10(12,4-7)6-9;1-6-5-7(2)9(4)8(6)3;7-6-4-2-1-3-5-6;;/h1-10H;7-8,12H,1-6H2;6H,1-4H3;1-5H,7H2;1H3;/q;-1;;;;+1. The van der Waals surface area contributed by atoms with Crippen LogP contribution in [0.4, 0.5) is 4.39 Å². The number of allylic oxidation sites excluding steroid dienone is 4. The fourth-order valence-corrected chi connectivity index (χ4v) is 51.0. The molecule has 0 amide bonds. The Morgan fingerprint density at radius 3 is 1.69 bits per heavy atom. The normalized spacial score (nSPS) is 31.4. The molecule has 4 fully saturated rings. The van der Waals surface area contributed by atoms with Gasteiger partial charge in [-0.15, -0.1) is 0 Å². The Hall–Kier alpha value is -1.54. The SMILES string of the molecule is CC1=C(C)C(C)[C]([Zr]([CH3])([NH]C23CC4CC(CC(F)(C4)C2)C3)[GeH2][c]2ccccc2)=C1C.c1ccc(-c2ccccc2)cc1. The van der Waals surface area contributed by atoms with Crippen LogP contribution in [0.25, 0.3) is 11.1 Å². The van der Waals surface area contributed by atoms with Gasteiger partial charge in [-0.1, -0.05) is 60.7 Å². The van der Waals surface area contributed by atoms with Crippen molar-refractivity contribution in [1.29, 1.82) is 0 Å². The monoisotopic (exact) mass is 701 g/mol. The molecule has 0 heterocycles. The third-order valence-electron chi connectivity index (χ3n) is 11.0. The van der Waals surface area contributed by atoms with Crippen LogP contribution in [0.2, 0.25) is 4.63 Å². The Balaban J connectivity index is 0.000000219. The molecule has 1 N–H and O–H groups in total. The van der Waals surface area contributed by atoms with Gasteiger partial charge in [-0.2, -0.15) is 0 Å². The molecular weight excluding hydrogens is 653 g/mol. The van der Waals surface area contributed by atoms with E-state index in [1.165, 1.54) is 36.0 Å². The summed E-state index contributed by atoms with van der Waals surface area (Å²) in [6.45, 7) is 9.51. The van der Waals surface area contributed by atoms with Gasteiger partial charge in [0.25, 0.3) is 0 Å². The molecule has 5 aliphatic rings. The third-order valence-corrected chi connectivity index (χ3v) is 43.1. The summed E-state index contributed by atoms with van der Waals surface area (Å²) in [5, 5.41) is 0. The van der Waals surface area contributed by atoms with Crippen LogP contribution in [-0.2, 0) is 18.0 Å². The van der Waals surface area contributed by atoms with Gasteiger partial charge in [0.1, 0.15) is 0 Å². The molecule has 0 saturated heterocycles. The topological polar surface area (TPSA) is 12.0 Å². The number of rotatable bonds is 6. The first-order valence-corrected chi connectivity index (χ1v) is 33.0. The summed E-state index contributed by atoms with van der Waals surface area (Å²) in [5.41, 5.74) is 6.48. The molecule has 5 aliphatic carbocycles. The second-order valence-electron chi connectivity index (χ2n) is 14.3. The van der Waals surface area contributed by atoms with E-state index in [1.807, 2.05) is 15.4 Å². The molecule has 4 saturated carbocycles. The van der Waals surface area contributed by atoms with Crippen molar-refractivity contribution in [2.75, 3.05) is 0 Å². The van der Waals surface area contributed by atoms with E-state index in [9.17, 15) is 0 Å². The molecule has 8 rings (SSSR count). The van der Waals surface area contributed by atoms with Crippen LogP contribution in [-0.4, -0.2) is 22.8 Å². The number of hydrogen-bond donors (Lipinski definition) is 1. The summed E-state index contributed by atoms with van der Waals surface area (Å²) in [6.07, 6.45) is 6.26. The molecular formula is C38H48FGeNZr. The number of nitrogens with one attached hydrogen (secondary N) is 1. The third kappa shape index (κ3) is 6.18. The maximum absolute atomic E-state index is 15.8. The molecule has 0 spiro atoms. The van der Waals surface area contributed by atoms with Crippen molar-refractivity contribution in [3.8, 4) is 11.1 Å². The second kappa shape index (κ2) is 12.1. The molecule has 4 heteroatoms. The van der Waals surface area contributed by atoms with Gasteiger partial charge in [0.15, 0.2) is 0 Å². The van der Waals surface area contributed by atoms with Crippen LogP contribution in [0.3, 0.4) is 0 Å². The molecule has 220 valence electrons. The first kappa shape index (κ1) is 30.5. The quantitative estimate of drug-likeness (QED) is 0.254. The van der Waals surface area contributed by atoms with E-state index >= 15 is 4.39 Å². The minimum absolute atomic E-state index is 0.0983. The van der Waals surface area contributed by atoms with Gasteiger partial charge in [0, 0.05) is 0 Å². The van der Waals surface area contributed by atoms with Crippen LogP contribution < -0.4 is 7.66 Å². The molecule has 0 aliphatic heterocycles. The van der Waals surface area contributed by atoms with Crippen LogP contribution in [0.15, 0.2) is 111 Å². The predicted molar refractivity (Wildman–Crippen MR) is 177 cm³/mol. The van der Waals surface area contributed by atoms with Crippen LogP contribution in [0, 0.1) is 17.8 Å². The van der Waals surface area contributed by atoms with E-state index in [0.717, 1.165) is 19.3 Å². The zero-order valence-corrected chi connectivity index (χ0v) is 31.6. The van der Waals surface area contributed by atoms with Crippen molar-refractivity contribution in [2.24, 2.45) is 17.8 Å². The minimum atomic E-state index is -2.85. The van der Waals surface area contributed by atoms with Gasteiger partial charge in [-0.05, 0) is 11.1 Å². The minimum Gasteiger partial charge on any atom is -0.0622 e. The van der Waals surface area contributed by atoms with Crippen molar-refractivity contribution in [3.63, 3.8) is 0 Å². The van der Waals surface area contributed by atoms with Gasteiger partial charge in [-0.25, -0.2) is 0 Å². The number of halogens is 1. The molecule has 4 bridgehead atoms. The number of benzene rings is 3. The summed E-state index contributed by atoms with van der Waals surface area (Å²) in [6, 6.07) is 32.1. The van der Waals surface area contributed by atoms with Crippen LogP contribution in [0.1, 0.15) is 66.2 Å². The van der Waals surface area contributed by atoms with E-state index in [-0.39, 0.29) is 5.54 Å². The average molecular weight is 702 g/mol. The average Bonchev–Trinajstić information content (AvgIpc) is 3.15. The van der Waals surface area contributed by atoms with Crippen molar-refractivity contribution in [2.45, 2.75) is 82.1 Å². The predicted octanol–water partition coefficient (Wildman–Crippen LogP) is 8.78. The Labute approximate surface area is 261 Å². The maximum Gasteiger partial charge on any atom is -0.0184 e. The molecule has 3 aromatic carbocycles. The van der Waals surface area contributed by atoms with Crippen molar-refractivity contribution < 1.29 is 22.4 Å². The summed E-state index contributed by atoms with van der Waals surface area (Å²) in [4.78, 5) is 0. The van der Waals surface area contributed by atoms with E-state index in [2.05, 4.69) is 114 Å². The summed E-state index contributed by atoms with van der Waals surface area (Å²) in [7, 11) is 0. The number of hydrogen-bond acceptors (Lipinski definition) is 1. The molecule has 1 nitrogen and oxygen atoms in total. The Morgan fingerprint density at radius 2 is 1.24 bits per heavy atom. The smallest absolute Gasteiger partial charge is 0.0184 e. The largest absolute Gasteiger partial charge is 0.0622 e. The molecule has 0 aromatic heterocycles. The molecule has 4 unspecified atom stereocenters. The maximum atomic E-state index is 15.8. The van der Waals surface area contributed by atoms with Gasteiger partial charge in [0.2, 0.25) is 0 Å². The summed E-state index contributed by atoms with van der Waals surface area (Å²) >= 11 is -3.86. The Bertz CT molecular complexity index is 1420. The van der Waals surface area contributed by atoms with Gasteiger partial charge in [0.05, 0.1) is 0 Å². The molecule has 4 atom stereocenters. The Kier molecular flexibility index (Phi) is 8.78. The fourth-order valence-electron chi connectivity index (χ4n) is 9.61. The molecule has 0 radical (unpaired) electrons. The zero-order valence-electron chi connectivity index (χ0n) is 26.2. The van der Waals surface area contributed by atoms with Gasteiger partial charge >= 0.3 is 192 Å². The zero-order chi connectivity index (χ0) is 29.5. The van der Waals surface area contributed by atoms with E-state index in [4.69, 9.17) is 0 Å². The van der Waals surface area contributed by atoms with Crippen molar-refractivity contribution >= 4 is 16.0 Å². The number of alkyl halides is 1. The van der Waals surface area contributed by atoms with Crippen molar-refractivity contribution in [1.82, 2.24) is 3.26 Å². The van der Waals surface area contributed by atoms with Crippen molar-refractivity contribution in [3.05, 3.63) is 111 Å². The van der Waals surface area contributed by atoms with Crippen LogP contribution >= 0.6 is 0 Å². The molecule has 42 heavy (non-hydrogen) atoms. The first-order chi connectivity index (χ1) is 20.1.